The van der Waals surface area contributed by atoms with Crippen molar-refractivity contribution in [3.63, 3.8) is 0 Å². The van der Waals surface area contributed by atoms with Gasteiger partial charge in [-0.1, -0.05) is 0 Å². The van der Waals surface area contributed by atoms with Crippen molar-refractivity contribution in [3.8, 4) is 0 Å². The Kier molecular flexibility index (Phi) is 22.1. The van der Waals surface area contributed by atoms with Crippen molar-refractivity contribution in [3.05, 3.63) is 0 Å². The van der Waals surface area contributed by atoms with Crippen LogP contribution < -0.4 is 0 Å². The van der Waals surface area contributed by atoms with Crippen LogP contribution in [0.25, 0.3) is 0 Å². The molecule has 0 aliphatic rings. The summed E-state index contributed by atoms with van der Waals surface area (Å²) in [5.41, 5.74) is 0. The minimum absolute atomic E-state index is 1.36. The van der Waals surface area contributed by atoms with E-state index < -0.39 is 5.31 Å². The predicted molar refractivity (Wildman–Crippen MR) is 155 cm³/mol. The number of hydrogen-bond donors (Lipinski definition) is 0. The van der Waals surface area contributed by atoms with E-state index in [1.54, 1.807) is 24.6 Å². The Morgan fingerprint density at radius 3 is 0.774 bits per heavy atom. The maximum absolute atomic E-state index is 4.69. The third-order valence-corrected chi connectivity index (χ3v) is 17.5. The Hall–Kier alpha value is 0.910. The van der Waals surface area contributed by atoms with Crippen LogP contribution in [0.1, 0.15) is 163 Å². The molecule has 0 bridgehead atoms. The molecule has 0 saturated carbocycles. The molecule has 0 N–H and O–H groups in total. The van der Waals surface area contributed by atoms with Gasteiger partial charge in [-0.3, -0.25) is 0 Å². The molecule has 0 aromatic heterocycles. The molecule has 0 rings (SSSR count). The van der Waals surface area contributed by atoms with Gasteiger partial charge in [-0.05, 0) is 0 Å². The third kappa shape index (κ3) is 18.0. The van der Waals surface area contributed by atoms with E-state index in [1.165, 1.54) is 135 Å². The van der Waals surface area contributed by atoms with Crippen molar-refractivity contribution in [2.45, 2.75) is 163 Å². The van der Waals surface area contributed by atoms with E-state index in [9.17, 15) is 0 Å². The van der Waals surface area contributed by atoms with Gasteiger partial charge in [0.25, 0.3) is 0 Å². The predicted octanol–water partition coefficient (Wildman–Crippen LogP) is 12.1. The molecule has 0 atom stereocenters. The zero-order chi connectivity index (χ0) is 23.1. The van der Waals surface area contributed by atoms with Crippen LogP contribution in [-0.2, 0) is 0 Å². The minimum atomic E-state index is -1.71. The Morgan fingerprint density at radius 1 is 0.323 bits per heavy atom. The summed E-state index contributed by atoms with van der Waals surface area (Å²) in [5, 5.41) is -1.71. The van der Waals surface area contributed by atoms with Crippen LogP contribution in [0.2, 0.25) is 0 Å². The number of unbranched alkanes of at least 4 members (excludes halogenated alkanes) is 17. The van der Waals surface area contributed by atoms with Gasteiger partial charge in [0, 0.05) is 0 Å². The van der Waals surface area contributed by atoms with E-state index in [1.807, 2.05) is 0 Å². The van der Waals surface area contributed by atoms with Crippen molar-refractivity contribution in [1.29, 1.82) is 0 Å². The van der Waals surface area contributed by atoms with Crippen LogP contribution in [0.4, 0.5) is 0 Å². The van der Waals surface area contributed by atoms with Gasteiger partial charge in [0.05, 0.1) is 0 Å². The molecule has 0 aromatic carbocycles. The summed E-state index contributed by atoms with van der Waals surface area (Å²) in [6, 6.07) is 0. The third-order valence-electron chi connectivity index (χ3n) is 7.53. The van der Waals surface area contributed by atoms with E-state index in [0.717, 1.165) is 0 Å². The molecule has 0 aliphatic heterocycles. The second-order valence-corrected chi connectivity index (χ2v) is 22.2. The average molecular weight is 522 g/mol. The zero-order valence-corrected chi connectivity index (χ0v) is 25.0. The van der Waals surface area contributed by atoms with Gasteiger partial charge in [0.1, 0.15) is 0 Å². The van der Waals surface area contributed by atoms with E-state index in [-0.39, 0.29) is 0 Å². The fraction of sp³-hybridized carbons (Fsp3) is 1.00. The van der Waals surface area contributed by atoms with Gasteiger partial charge < -0.3 is 0 Å². The normalized spacial score (nSPS) is 13.4. The molecular formula is C29H62BrP. The molecule has 0 aliphatic carbocycles. The summed E-state index contributed by atoms with van der Waals surface area (Å²) in [4.78, 5) is 0. The molecule has 0 unspecified atom stereocenters. The van der Waals surface area contributed by atoms with Crippen LogP contribution in [0.5, 0.6) is 0 Å². The molecule has 0 nitrogen and oxygen atoms in total. The molecular weight excluding hydrogens is 459 g/mol. The molecule has 0 fully saturated rings. The first-order valence-electron chi connectivity index (χ1n) is 14.8. The fourth-order valence-electron chi connectivity index (χ4n) is 5.29. The van der Waals surface area contributed by atoms with Gasteiger partial charge in [0.15, 0.2) is 0 Å². The molecule has 2 heteroatoms. The number of rotatable bonds is 25. The topological polar surface area (TPSA) is 0 Å². The van der Waals surface area contributed by atoms with Crippen molar-refractivity contribution in [2.75, 3.05) is 24.6 Å². The second-order valence-electron chi connectivity index (χ2n) is 10.7. The molecule has 190 valence electrons. The monoisotopic (exact) mass is 520 g/mol. The van der Waals surface area contributed by atoms with Gasteiger partial charge in [-0.15, -0.1) is 0 Å². The van der Waals surface area contributed by atoms with Crippen LogP contribution in [-0.4, -0.2) is 24.6 Å². The van der Waals surface area contributed by atoms with E-state index in [2.05, 4.69) is 27.7 Å². The molecule has 0 heterocycles. The molecule has 0 saturated heterocycles. The van der Waals surface area contributed by atoms with Crippen molar-refractivity contribution < 1.29 is 0 Å². The zero-order valence-electron chi connectivity index (χ0n) is 22.5. The van der Waals surface area contributed by atoms with Crippen LogP contribution in [0.15, 0.2) is 0 Å². The van der Waals surface area contributed by atoms with Crippen molar-refractivity contribution >= 4 is 20.8 Å². The van der Waals surface area contributed by atoms with Crippen molar-refractivity contribution in [1.82, 2.24) is 0 Å². The van der Waals surface area contributed by atoms with Gasteiger partial charge >= 0.3 is 208 Å². The first kappa shape index (κ1) is 31.9. The Bertz CT molecular complexity index is 334. The summed E-state index contributed by atoms with van der Waals surface area (Å²) in [6.45, 7) is 9.38. The molecule has 0 radical (unpaired) electrons. The van der Waals surface area contributed by atoms with E-state index in [4.69, 9.17) is 15.5 Å². The Labute approximate surface area is 207 Å². The van der Waals surface area contributed by atoms with E-state index >= 15 is 0 Å². The quantitative estimate of drug-likeness (QED) is 0.0828. The van der Waals surface area contributed by atoms with Crippen molar-refractivity contribution in [2.24, 2.45) is 0 Å². The first-order valence-corrected chi connectivity index (χ1v) is 19.8. The summed E-state index contributed by atoms with van der Waals surface area (Å²) in [5.74, 6) is 0. The average Bonchev–Trinajstić information content (AvgIpc) is 2.77. The number of halogens is 1. The van der Waals surface area contributed by atoms with Crippen LogP contribution in [0, 0.1) is 0 Å². The standard InChI is InChI=1S/C29H62BrP/c1-5-9-13-17-18-19-20-21-25-29-31(30,26-22-14-10-6-2,27-23-15-11-7-3)28-24-16-12-8-4/h5-29H2,1-4H3. The van der Waals surface area contributed by atoms with Gasteiger partial charge in [0.2, 0.25) is 0 Å². The van der Waals surface area contributed by atoms with Gasteiger partial charge in [-0.2, -0.15) is 0 Å². The summed E-state index contributed by atoms with van der Waals surface area (Å²) in [6.07, 6.45) is 36.5. The molecule has 0 amide bonds. The Balaban J connectivity index is 4.76. The summed E-state index contributed by atoms with van der Waals surface area (Å²) >= 11 is 4.69. The number of hydrogen-bond acceptors (Lipinski definition) is 0. The van der Waals surface area contributed by atoms with E-state index in [0.29, 0.717) is 0 Å². The second kappa shape index (κ2) is 21.4. The van der Waals surface area contributed by atoms with Crippen LogP contribution >= 0.6 is 20.8 Å². The molecule has 31 heavy (non-hydrogen) atoms. The van der Waals surface area contributed by atoms with Crippen LogP contribution in [0.3, 0.4) is 0 Å². The molecule has 0 aromatic rings. The fourth-order valence-corrected chi connectivity index (χ4v) is 13.7. The Morgan fingerprint density at radius 2 is 0.516 bits per heavy atom. The molecule has 0 spiro atoms. The summed E-state index contributed by atoms with van der Waals surface area (Å²) in [7, 11) is 0. The summed E-state index contributed by atoms with van der Waals surface area (Å²) < 4.78 is 0. The maximum atomic E-state index is 4.69. The first-order chi connectivity index (χ1) is 15.0. The SMILES string of the molecule is CCCCCCCCCCCP(Br)(CCCCCC)(CCCCCC)CCCCCC. The van der Waals surface area contributed by atoms with Gasteiger partial charge in [-0.25, -0.2) is 0 Å².